The highest BCUT2D eigenvalue weighted by Crippen LogP contribution is 2.17. The number of amides is 6. The molecule has 1 heterocycles. The molecule has 9 heteroatoms. The van der Waals surface area contributed by atoms with Gasteiger partial charge in [-0.2, -0.15) is 0 Å². The number of hydrogen-bond donors (Lipinski definition) is 2. The molecule has 1 aromatic carbocycles. The Labute approximate surface area is 144 Å². The number of imide groups is 2. The van der Waals surface area contributed by atoms with Gasteiger partial charge >= 0.3 is 17.8 Å². The summed E-state index contributed by atoms with van der Waals surface area (Å²) < 4.78 is 0. The molecule has 1 aliphatic heterocycles. The van der Waals surface area contributed by atoms with Crippen molar-refractivity contribution in [3.8, 4) is 0 Å². The number of nitrogens with zero attached hydrogens (tertiary/aromatic N) is 2. The highest BCUT2D eigenvalue weighted by Gasteiger charge is 2.42. The monoisotopic (exact) mass is 346 g/mol. The van der Waals surface area contributed by atoms with Gasteiger partial charge in [-0.15, -0.1) is 0 Å². The molecule has 0 saturated carbocycles. The molecule has 25 heavy (non-hydrogen) atoms. The third-order valence-electron chi connectivity index (χ3n) is 3.88. The Kier molecular flexibility index (Phi) is 5.16. The van der Waals surface area contributed by atoms with Crippen molar-refractivity contribution in [2.45, 2.75) is 13.8 Å². The summed E-state index contributed by atoms with van der Waals surface area (Å²) in [4.78, 5) is 59.5. The van der Waals surface area contributed by atoms with Crippen molar-refractivity contribution in [1.82, 2.24) is 15.1 Å². The Morgan fingerprint density at radius 3 is 2.32 bits per heavy atom. The zero-order valence-electron chi connectivity index (χ0n) is 14.1. The van der Waals surface area contributed by atoms with E-state index in [1.54, 1.807) is 12.1 Å². The molecule has 0 aromatic heterocycles. The highest BCUT2D eigenvalue weighted by molar-refractivity contribution is 6.44. The van der Waals surface area contributed by atoms with Crippen LogP contribution in [0.4, 0.5) is 10.5 Å². The second-order valence-electron chi connectivity index (χ2n) is 5.61. The normalized spacial score (nSPS) is 14.1. The van der Waals surface area contributed by atoms with Gasteiger partial charge in [0.2, 0.25) is 11.8 Å². The number of nitrogens with one attached hydrogen (secondary N) is 2. The van der Waals surface area contributed by atoms with Crippen molar-refractivity contribution in [3.05, 3.63) is 29.3 Å². The number of likely N-dealkylation sites (N-methyl/N-ethyl adjacent to an activating group) is 1. The molecule has 0 aliphatic carbocycles. The smallest absolute Gasteiger partial charge is 0.334 e. The van der Waals surface area contributed by atoms with Gasteiger partial charge in [0.15, 0.2) is 0 Å². The van der Waals surface area contributed by atoms with Crippen molar-refractivity contribution >= 4 is 35.3 Å². The molecular formula is C16H18N4O5. The van der Waals surface area contributed by atoms with Crippen molar-refractivity contribution in [1.29, 1.82) is 0 Å². The van der Waals surface area contributed by atoms with Gasteiger partial charge in [-0.3, -0.25) is 24.1 Å². The summed E-state index contributed by atoms with van der Waals surface area (Å²) in [7, 11) is 1.15. The van der Waals surface area contributed by atoms with Gasteiger partial charge < -0.3 is 10.6 Å². The topological polar surface area (TPSA) is 116 Å². The van der Waals surface area contributed by atoms with E-state index in [2.05, 4.69) is 10.6 Å². The Morgan fingerprint density at radius 1 is 1.04 bits per heavy atom. The first-order chi connectivity index (χ1) is 11.7. The minimum atomic E-state index is -1.07. The van der Waals surface area contributed by atoms with Crippen LogP contribution in [0.1, 0.15) is 11.1 Å². The van der Waals surface area contributed by atoms with Gasteiger partial charge in [-0.1, -0.05) is 12.1 Å². The lowest BCUT2D eigenvalue weighted by molar-refractivity contribution is -0.143. The van der Waals surface area contributed by atoms with Crippen LogP contribution in [0, 0.1) is 13.8 Å². The van der Waals surface area contributed by atoms with E-state index in [4.69, 9.17) is 0 Å². The van der Waals surface area contributed by atoms with Gasteiger partial charge in [-0.05, 0) is 31.0 Å². The van der Waals surface area contributed by atoms with E-state index in [9.17, 15) is 24.0 Å². The first-order valence-corrected chi connectivity index (χ1v) is 7.48. The molecule has 1 aromatic rings. The minimum Gasteiger partial charge on any atom is -0.345 e. The molecule has 1 aliphatic rings. The lowest BCUT2D eigenvalue weighted by Gasteiger charge is -2.13. The second-order valence-corrected chi connectivity index (χ2v) is 5.61. The highest BCUT2D eigenvalue weighted by atomic mass is 16.2. The molecule has 1 saturated heterocycles. The maximum Gasteiger partial charge on any atom is 0.334 e. The SMILES string of the molecule is Cc1cccc(NC(=O)CNC(=O)CN2C(=O)C(=O)N(C)C2=O)c1C. The van der Waals surface area contributed by atoms with Crippen molar-refractivity contribution in [2.75, 3.05) is 25.5 Å². The van der Waals surface area contributed by atoms with Gasteiger partial charge in [0.05, 0.1) is 6.54 Å². The van der Waals surface area contributed by atoms with Crippen LogP contribution in [0.2, 0.25) is 0 Å². The van der Waals surface area contributed by atoms with Crippen LogP contribution < -0.4 is 10.6 Å². The summed E-state index contributed by atoms with van der Waals surface area (Å²) in [5.41, 5.74) is 2.56. The lowest BCUT2D eigenvalue weighted by Crippen LogP contribution is -2.43. The van der Waals surface area contributed by atoms with Gasteiger partial charge in [0.25, 0.3) is 0 Å². The molecular weight excluding hydrogens is 328 g/mol. The van der Waals surface area contributed by atoms with Crippen LogP contribution in [-0.2, 0) is 19.2 Å². The molecule has 6 amide bonds. The lowest BCUT2D eigenvalue weighted by atomic mass is 10.1. The van der Waals surface area contributed by atoms with Gasteiger partial charge in [0, 0.05) is 12.7 Å². The zero-order chi connectivity index (χ0) is 18.7. The van der Waals surface area contributed by atoms with Gasteiger partial charge in [0.1, 0.15) is 6.54 Å². The maximum atomic E-state index is 11.9. The van der Waals surface area contributed by atoms with Crippen LogP contribution in [0.15, 0.2) is 18.2 Å². The van der Waals surface area contributed by atoms with E-state index in [0.29, 0.717) is 15.5 Å². The third kappa shape index (κ3) is 3.82. The zero-order valence-corrected chi connectivity index (χ0v) is 14.1. The summed E-state index contributed by atoms with van der Waals surface area (Å²) in [5.74, 6) is -3.23. The predicted octanol–water partition coefficient (Wildman–Crippen LogP) is -0.221. The Hall–Kier alpha value is -3.23. The summed E-state index contributed by atoms with van der Waals surface area (Å²) in [6.45, 7) is 2.83. The summed E-state index contributed by atoms with van der Waals surface area (Å²) >= 11 is 0. The fourth-order valence-corrected chi connectivity index (χ4v) is 2.21. The van der Waals surface area contributed by atoms with E-state index in [0.717, 1.165) is 18.2 Å². The molecule has 0 bridgehead atoms. The molecule has 2 rings (SSSR count). The maximum absolute atomic E-state index is 11.9. The van der Waals surface area contributed by atoms with Crippen molar-refractivity contribution in [3.63, 3.8) is 0 Å². The van der Waals surface area contributed by atoms with E-state index in [1.165, 1.54) is 0 Å². The Balaban J connectivity index is 1.87. The van der Waals surface area contributed by atoms with Crippen molar-refractivity contribution in [2.24, 2.45) is 0 Å². The summed E-state index contributed by atoms with van der Waals surface area (Å²) in [6, 6.07) is 4.58. The van der Waals surface area contributed by atoms with E-state index < -0.39 is 36.2 Å². The second kappa shape index (κ2) is 7.12. The van der Waals surface area contributed by atoms with Crippen LogP contribution in [0.25, 0.3) is 0 Å². The summed E-state index contributed by atoms with van der Waals surface area (Å²) in [6.07, 6.45) is 0. The number of aryl methyl sites for hydroxylation is 1. The van der Waals surface area contributed by atoms with E-state index >= 15 is 0 Å². The molecule has 9 nitrogen and oxygen atoms in total. The fraction of sp³-hybridized carbons (Fsp3) is 0.312. The number of urea groups is 1. The Bertz CT molecular complexity index is 774. The molecule has 1 fully saturated rings. The van der Waals surface area contributed by atoms with Gasteiger partial charge in [-0.25, -0.2) is 9.69 Å². The molecule has 132 valence electrons. The Morgan fingerprint density at radius 2 is 1.72 bits per heavy atom. The third-order valence-corrected chi connectivity index (χ3v) is 3.88. The first-order valence-electron chi connectivity index (χ1n) is 7.48. The average Bonchev–Trinajstić information content (AvgIpc) is 2.75. The molecule has 0 unspecified atom stereocenters. The van der Waals surface area contributed by atoms with Crippen molar-refractivity contribution < 1.29 is 24.0 Å². The average molecular weight is 346 g/mol. The molecule has 0 spiro atoms. The number of hydrogen-bond acceptors (Lipinski definition) is 5. The largest absolute Gasteiger partial charge is 0.345 e. The number of rotatable bonds is 5. The summed E-state index contributed by atoms with van der Waals surface area (Å²) in [5, 5.41) is 4.98. The molecule has 0 atom stereocenters. The van der Waals surface area contributed by atoms with Crippen LogP contribution in [0.3, 0.4) is 0 Å². The fourth-order valence-electron chi connectivity index (χ4n) is 2.21. The quantitative estimate of drug-likeness (QED) is 0.565. The molecule has 0 radical (unpaired) electrons. The number of anilines is 1. The first kappa shape index (κ1) is 18.1. The van der Waals surface area contributed by atoms with Crippen LogP contribution in [0.5, 0.6) is 0 Å². The van der Waals surface area contributed by atoms with Crippen LogP contribution in [-0.4, -0.2) is 59.6 Å². The molecule has 2 N–H and O–H groups in total. The predicted molar refractivity (Wildman–Crippen MR) is 87.4 cm³/mol. The number of carbonyl (C=O) groups excluding carboxylic acids is 5. The number of carbonyl (C=O) groups is 5. The van der Waals surface area contributed by atoms with E-state index in [1.807, 2.05) is 19.9 Å². The van der Waals surface area contributed by atoms with E-state index in [-0.39, 0.29) is 6.54 Å². The minimum absolute atomic E-state index is 0.327. The number of benzene rings is 1. The van der Waals surface area contributed by atoms with Crippen LogP contribution >= 0.6 is 0 Å². The standard InChI is InChI=1S/C16H18N4O5/c1-9-5-4-6-11(10(9)2)18-12(21)7-17-13(22)8-20-15(24)14(23)19(3)16(20)25/h4-6H,7-8H2,1-3H3,(H,17,22)(H,18,21).